The Morgan fingerprint density at radius 1 is 1.34 bits per heavy atom. The first-order chi connectivity index (χ1) is 14.0. The highest BCUT2D eigenvalue weighted by Gasteiger charge is 2.63. The normalized spacial score (nSPS) is 29.9. The Labute approximate surface area is 172 Å². The summed E-state index contributed by atoms with van der Waals surface area (Å²) in [5, 5.41) is 3.13. The molecule has 1 aromatic rings. The summed E-state index contributed by atoms with van der Waals surface area (Å²) < 4.78 is 11.8. The van der Waals surface area contributed by atoms with E-state index in [2.05, 4.69) is 5.32 Å². The van der Waals surface area contributed by atoms with E-state index in [0.29, 0.717) is 38.6 Å². The van der Waals surface area contributed by atoms with Crippen LogP contribution in [0.25, 0.3) is 0 Å². The molecule has 4 atom stereocenters. The summed E-state index contributed by atoms with van der Waals surface area (Å²) in [4.78, 5) is 26.9. The lowest BCUT2D eigenvalue weighted by Gasteiger charge is -2.29. The molecule has 0 aromatic heterocycles. The number of nitrogens with zero attached hydrogens (tertiary/aromatic N) is 1. The SMILES string of the molecule is CCCOCC(=O)N1C[C@@H]2[C@H](CNC(=O)Cc3ccccc3C)[C@H]3CC[C@]2(C1)O3. The van der Waals surface area contributed by atoms with Crippen LogP contribution >= 0.6 is 0 Å². The van der Waals surface area contributed by atoms with Gasteiger partial charge in [0, 0.05) is 31.5 Å². The monoisotopic (exact) mass is 400 g/mol. The van der Waals surface area contributed by atoms with E-state index in [1.54, 1.807) is 0 Å². The number of hydrogen-bond acceptors (Lipinski definition) is 4. The van der Waals surface area contributed by atoms with Crippen molar-refractivity contribution in [1.82, 2.24) is 10.2 Å². The Kier molecular flexibility index (Phi) is 5.93. The maximum atomic E-state index is 12.5. The zero-order valence-corrected chi connectivity index (χ0v) is 17.5. The number of ether oxygens (including phenoxy) is 2. The Morgan fingerprint density at radius 3 is 2.97 bits per heavy atom. The molecule has 3 aliphatic rings. The van der Waals surface area contributed by atoms with Crippen LogP contribution in [-0.2, 0) is 25.5 Å². The van der Waals surface area contributed by atoms with Crippen LogP contribution in [0.4, 0.5) is 0 Å². The molecule has 4 rings (SSSR count). The topological polar surface area (TPSA) is 67.9 Å². The van der Waals surface area contributed by atoms with Gasteiger partial charge in [-0.1, -0.05) is 31.2 Å². The average molecular weight is 401 g/mol. The molecular weight excluding hydrogens is 368 g/mol. The number of carbonyl (C=O) groups excluding carboxylic acids is 2. The molecule has 0 aliphatic carbocycles. The summed E-state index contributed by atoms with van der Waals surface area (Å²) in [6, 6.07) is 8.00. The van der Waals surface area contributed by atoms with Gasteiger partial charge in [0.1, 0.15) is 6.61 Å². The van der Waals surface area contributed by atoms with E-state index in [-0.39, 0.29) is 36.0 Å². The fourth-order valence-electron chi connectivity index (χ4n) is 5.32. The lowest BCUT2D eigenvalue weighted by Crippen LogP contribution is -2.42. The van der Waals surface area contributed by atoms with Gasteiger partial charge in [-0.2, -0.15) is 0 Å². The summed E-state index contributed by atoms with van der Waals surface area (Å²) in [6.07, 6.45) is 3.54. The van der Waals surface area contributed by atoms with E-state index in [9.17, 15) is 9.59 Å². The first kappa shape index (κ1) is 20.4. The molecule has 2 amide bonds. The molecule has 1 aromatic carbocycles. The number of fused-ring (bicyclic) bond motifs is 1. The van der Waals surface area contributed by atoms with E-state index in [1.807, 2.05) is 43.0 Å². The molecule has 29 heavy (non-hydrogen) atoms. The van der Waals surface area contributed by atoms with E-state index in [1.165, 1.54) is 0 Å². The van der Waals surface area contributed by atoms with Crippen molar-refractivity contribution < 1.29 is 19.1 Å². The highest BCUT2D eigenvalue weighted by Crippen LogP contribution is 2.54. The molecule has 6 nitrogen and oxygen atoms in total. The van der Waals surface area contributed by atoms with Crippen molar-refractivity contribution in [3.05, 3.63) is 35.4 Å². The van der Waals surface area contributed by atoms with E-state index >= 15 is 0 Å². The molecule has 3 fully saturated rings. The summed E-state index contributed by atoms with van der Waals surface area (Å²) in [5.74, 6) is 0.681. The number of amides is 2. The van der Waals surface area contributed by atoms with Gasteiger partial charge in [-0.25, -0.2) is 0 Å². The van der Waals surface area contributed by atoms with Crippen molar-refractivity contribution in [3.63, 3.8) is 0 Å². The van der Waals surface area contributed by atoms with Crippen LogP contribution < -0.4 is 5.32 Å². The lowest BCUT2D eigenvalue weighted by molar-refractivity contribution is -0.136. The number of carbonyl (C=O) groups is 2. The minimum Gasteiger partial charge on any atom is -0.372 e. The number of rotatable bonds is 8. The average Bonchev–Trinajstić information content (AvgIpc) is 3.37. The fourth-order valence-corrected chi connectivity index (χ4v) is 5.32. The van der Waals surface area contributed by atoms with Crippen molar-refractivity contribution in [2.24, 2.45) is 11.8 Å². The third-order valence-corrected chi connectivity index (χ3v) is 6.86. The van der Waals surface area contributed by atoms with Crippen LogP contribution in [0.3, 0.4) is 0 Å². The first-order valence-electron chi connectivity index (χ1n) is 10.9. The predicted octanol–water partition coefficient (Wildman–Crippen LogP) is 2.09. The van der Waals surface area contributed by atoms with Crippen molar-refractivity contribution in [2.75, 3.05) is 32.8 Å². The molecule has 3 aliphatic heterocycles. The summed E-state index contributed by atoms with van der Waals surface area (Å²) >= 11 is 0. The fraction of sp³-hybridized carbons (Fsp3) is 0.652. The minimum atomic E-state index is -0.212. The largest absolute Gasteiger partial charge is 0.372 e. The molecule has 3 saturated heterocycles. The summed E-state index contributed by atoms with van der Waals surface area (Å²) in [7, 11) is 0. The molecule has 3 heterocycles. The highest BCUT2D eigenvalue weighted by atomic mass is 16.5. The van der Waals surface area contributed by atoms with E-state index < -0.39 is 0 Å². The number of benzene rings is 1. The lowest BCUT2D eigenvalue weighted by atomic mass is 9.73. The van der Waals surface area contributed by atoms with Crippen LogP contribution in [0.15, 0.2) is 24.3 Å². The van der Waals surface area contributed by atoms with Gasteiger partial charge in [0.2, 0.25) is 11.8 Å². The molecule has 0 unspecified atom stereocenters. The highest BCUT2D eigenvalue weighted by molar-refractivity contribution is 5.79. The smallest absolute Gasteiger partial charge is 0.248 e. The zero-order valence-electron chi connectivity index (χ0n) is 17.5. The molecule has 1 N–H and O–H groups in total. The zero-order chi connectivity index (χ0) is 20.4. The van der Waals surface area contributed by atoms with Gasteiger partial charge < -0.3 is 19.7 Å². The quantitative estimate of drug-likeness (QED) is 0.679. The molecule has 158 valence electrons. The summed E-state index contributed by atoms with van der Waals surface area (Å²) in [6.45, 7) is 6.83. The third-order valence-electron chi connectivity index (χ3n) is 6.86. The van der Waals surface area contributed by atoms with Crippen LogP contribution in [0, 0.1) is 18.8 Å². The third kappa shape index (κ3) is 4.05. The van der Waals surface area contributed by atoms with E-state index in [4.69, 9.17) is 9.47 Å². The Hall–Kier alpha value is -1.92. The van der Waals surface area contributed by atoms with Crippen LogP contribution in [0.5, 0.6) is 0 Å². The molecule has 0 radical (unpaired) electrons. The minimum absolute atomic E-state index is 0.0509. The number of likely N-dealkylation sites (tertiary alicyclic amines) is 1. The van der Waals surface area contributed by atoms with Gasteiger partial charge in [0.15, 0.2) is 0 Å². The number of nitrogens with one attached hydrogen (secondary N) is 1. The van der Waals surface area contributed by atoms with Crippen LogP contribution in [-0.4, -0.2) is 61.3 Å². The van der Waals surface area contributed by atoms with Crippen LogP contribution in [0.1, 0.15) is 37.3 Å². The van der Waals surface area contributed by atoms with Gasteiger partial charge in [0.05, 0.1) is 24.7 Å². The van der Waals surface area contributed by atoms with Gasteiger partial charge >= 0.3 is 0 Å². The number of hydrogen-bond donors (Lipinski definition) is 1. The van der Waals surface area contributed by atoms with Crippen molar-refractivity contribution in [1.29, 1.82) is 0 Å². The Bertz CT molecular complexity index is 767. The van der Waals surface area contributed by atoms with Gasteiger partial charge in [-0.05, 0) is 37.3 Å². The Morgan fingerprint density at radius 2 is 2.17 bits per heavy atom. The molecular formula is C23H32N2O4. The molecule has 0 saturated carbocycles. The standard InChI is InChI=1S/C23H32N2O4/c1-3-10-28-14-22(27)25-13-19-18(20-8-9-23(19,15-25)29-20)12-24-21(26)11-17-7-5-4-6-16(17)2/h4-7,18-20H,3,8-15H2,1-2H3,(H,24,26)/t18-,19+,20+,23+/m0/s1. The van der Waals surface area contributed by atoms with Crippen molar-refractivity contribution in [2.45, 2.75) is 51.2 Å². The molecule has 2 bridgehead atoms. The van der Waals surface area contributed by atoms with Crippen molar-refractivity contribution in [3.8, 4) is 0 Å². The van der Waals surface area contributed by atoms with Crippen molar-refractivity contribution >= 4 is 11.8 Å². The van der Waals surface area contributed by atoms with Gasteiger partial charge in [0.25, 0.3) is 0 Å². The van der Waals surface area contributed by atoms with Crippen LogP contribution in [0.2, 0.25) is 0 Å². The molecule has 6 heteroatoms. The van der Waals surface area contributed by atoms with E-state index in [0.717, 1.165) is 30.4 Å². The second-order valence-corrected chi connectivity index (χ2v) is 8.76. The second kappa shape index (κ2) is 8.44. The molecule has 1 spiro atoms. The van der Waals surface area contributed by atoms with Gasteiger partial charge in [-0.15, -0.1) is 0 Å². The predicted molar refractivity (Wildman–Crippen MR) is 109 cm³/mol. The summed E-state index contributed by atoms with van der Waals surface area (Å²) in [5.41, 5.74) is 1.99. The maximum absolute atomic E-state index is 12.5. The second-order valence-electron chi connectivity index (χ2n) is 8.76. The van der Waals surface area contributed by atoms with Gasteiger partial charge in [-0.3, -0.25) is 9.59 Å². The number of aryl methyl sites for hydroxylation is 1. The Balaban J connectivity index is 1.33. The first-order valence-corrected chi connectivity index (χ1v) is 10.9. The maximum Gasteiger partial charge on any atom is 0.248 e.